The summed E-state index contributed by atoms with van der Waals surface area (Å²) in [6.07, 6.45) is -0.718. The predicted octanol–water partition coefficient (Wildman–Crippen LogP) is 4.31. The van der Waals surface area contributed by atoms with Gasteiger partial charge in [0.1, 0.15) is 0 Å². The van der Waals surface area contributed by atoms with Crippen molar-refractivity contribution in [2.45, 2.75) is 25.4 Å². The van der Waals surface area contributed by atoms with Crippen LogP contribution < -0.4 is 0 Å². The molecule has 0 fully saturated rings. The monoisotopic (exact) mass is 479 g/mol. The van der Waals surface area contributed by atoms with Gasteiger partial charge in [-0.3, -0.25) is 19.3 Å². The molecule has 6 nitrogen and oxygen atoms in total. The number of halogens is 2. The van der Waals surface area contributed by atoms with Gasteiger partial charge in [-0.2, -0.15) is 0 Å². The molecular formula is C27H23F2NO5. The summed E-state index contributed by atoms with van der Waals surface area (Å²) in [4.78, 5) is 37.8. The van der Waals surface area contributed by atoms with Gasteiger partial charge >= 0.3 is 5.97 Å². The number of fused-ring (bicyclic) bond motifs is 1. The molecule has 2 atom stereocenters. The van der Waals surface area contributed by atoms with E-state index in [1.807, 2.05) is 0 Å². The lowest BCUT2D eigenvalue weighted by Gasteiger charge is -2.22. The Hall–Kier alpha value is -3.91. The fourth-order valence-corrected chi connectivity index (χ4v) is 4.25. The van der Waals surface area contributed by atoms with Crippen LogP contribution in [-0.2, 0) is 11.2 Å². The molecular weight excluding hydrogens is 456 g/mol. The van der Waals surface area contributed by atoms with Crippen LogP contribution >= 0.6 is 0 Å². The molecule has 1 aliphatic heterocycles. The van der Waals surface area contributed by atoms with E-state index >= 15 is 0 Å². The summed E-state index contributed by atoms with van der Waals surface area (Å²) in [6, 6.07) is 17.1. The van der Waals surface area contributed by atoms with Gasteiger partial charge in [0.2, 0.25) is 0 Å². The van der Waals surface area contributed by atoms with Gasteiger partial charge in [-0.25, -0.2) is 8.78 Å². The molecule has 0 bridgehead atoms. The Labute approximate surface area is 200 Å². The molecule has 0 spiro atoms. The molecule has 4 rings (SSSR count). The second-order valence-corrected chi connectivity index (χ2v) is 8.47. The number of benzene rings is 3. The lowest BCUT2D eigenvalue weighted by Crippen LogP contribution is -2.36. The zero-order valence-corrected chi connectivity index (χ0v) is 18.7. The van der Waals surface area contributed by atoms with Crippen LogP contribution in [0, 0.1) is 17.6 Å². The van der Waals surface area contributed by atoms with E-state index in [1.165, 1.54) is 6.07 Å². The van der Waals surface area contributed by atoms with Gasteiger partial charge in [0.15, 0.2) is 11.6 Å². The van der Waals surface area contributed by atoms with Crippen molar-refractivity contribution in [2.75, 3.05) is 6.54 Å². The minimum Gasteiger partial charge on any atom is -0.481 e. The summed E-state index contributed by atoms with van der Waals surface area (Å²) in [5.74, 6) is -5.15. The van der Waals surface area contributed by atoms with E-state index in [-0.39, 0.29) is 30.5 Å². The summed E-state index contributed by atoms with van der Waals surface area (Å²) in [5.41, 5.74) is 2.63. The number of aliphatic hydroxyl groups is 1. The number of aliphatic hydroxyl groups excluding tert-OH is 1. The third kappa shape index (κ3) is 5.12. The van der Waals surface area contributed by atoms with E-state index in [1.54, 1.807) is 48.5 Å². The fraction of sp³-hybridized carbons (Fsp3) is 0.222. The van der Waals surface area contributed by atoms with Gasteiger partial charge in [-0.1, -0.05) is 42.5 Å². The van der Waals surface area contributed by atoms with Crippen LogP contribution in [0.2, 0.25) is 0 Å². The lowest BCUT2D eigenvalue weighted by atomic mass is 9.93. The molecule has 1 heterocycles. The summed E-state index contributed by atoms with van der Waals surface area (Å²) < 4.78 is 26.6. The van der Waals surface area contributed by atoms with Gasteiger partial charge in [0.25, 0.3) is 11.8 Å². The van der Waals surface area contributed by atoms with Crippen molar-refractivity contribution in [3.05, 3.63) is 95.1 Å². The van der Waals surface area contributed by atoms with Crippen molar-refractivity contribution in [1.29, 1.82) is 0 Å². The number of carbonyl (C=O) groups excluding carboxylic acids is 2. The van der Waals surface area contributed by atoms with Crippen molar-refractivity contribution in [1.82, 2.24) is 4.90 Å². The third-order valence-electron chi connectivity index (χ3n) is 6.26. The Balaban J connectivity index is 1.35. The van der Waals surface area contributed by atoms with Crippen molar-refractivity contribution >= 4 is 17.8 Å². The Bertz CT molecular complexity index is 1240. The maximum Gasteiger partial charge on any atom is 0.309 e. The molecule has 8 heteroatoms. The molecule has 0 aromatic heterocycles. The number of amides is 2. The van der Waals surface area contributed by atoms with Gasteiger partial charge in [-0.15, -0.1) is 0 Å². The van der Waals surface area contributed by atoms with E-state index < -0.39 is 41.4 Å². The number of carbonyl (C=O) groups is 3. The zero-order chi connectivity index (χ0) is 25.1. The second kappa shape index (κ2) is 10.1. The molecule has 3 aromatic carbocycles. The standard InChI is InChI=1S/C27H23F2NO5/c28-22-11-10-18(15-23(22)29)17-8-5-16(6-9-17)7-12-24(31)21(27(34)35)13-14-30-25(32)19-3-1-2-4-20(19)26(30)33/h1-6,8-11,15,21,24,31H,7,12-14H2,(H,34,35)/t21-,24+/m0/s1. The highest BCUT2D eigenvalue weighted by Gasteiger charge is 2.36. The molecule has 180 valence electrons. The molecule has 2 N–H and O–H groups in total. The first kappa shape index (κ1) is 24.2. The number of aliphatic carboxylic acids is 1. The first-order valence-corrected chi connectivity index (χ1v) is 11.2. The molecule has 2 amide bonds. The number of imide groups is 1. The van der Waals surface area contributed by atoms with Crippen molar-refractivity contribution < 1.29 is 33.4 Å². The van der Waals surface area contributed by atoms with Crippen molar-refractivity contribution in [3.8, 4) is 11.1 Å². The van der Waals surface area contributed by atoms with Crippen LogP contribution in [-0.4, -0.2) is 45.5 Å². The van der Waals surface area contributed by atoms with E-state index in [9.17, 15) is 33.4 Å². The van der Waals surface area contributed by atoms with Crippen LogP contribution in [0.1, 0.15) is 39.1 Å². The number of aryl methyl sites for hydroxylation is 1. The first-order valence-electron chi connectivity index (χ1n) is 11.2. The molecule has 0 aliphatic carbocycles. The van der Waals surface area contributed by atoms with Gasteiger partial charge < -0.3 is 10.2 Å². The Morgan fingerprint density at radius 1 is 0.829 bits per heavy atom. The number of carboxylic acids is 1. The SMILES string of the molecule is O=C(O)[C@@H](CCN1C(=O)c2ccccc2C1=O)[C@H](O)CCc1ccc(-c2ccc(F)c(F)c2)cc1. The quantitative estimate of drug-likeness (QED) is 0.446. The van der Waals surface area contributed by atoms with E-state index in [0.29, 0.717) is 17.5 Å². The average Bonchev–Trinajstić information content (AvgIpc) is 3.09. The Morgan fingerprint density at radius 2 is 1.43 bits per heavy atom. The summed E-state index contributed by atoms with van der Waals surface area (Å²) in [6.45, 7) is -0.108. The molecule has 0 saturated heterocycles. The second-order valence-electron chi connectivity index (χ2n) is 8.47. The van der Waals surface area contributed by atoms with Crippen LogP contribution in [0.25, 0.3) is 11.1 Å². The summed E-state index contributed by atoms with van der Waals surface area (Å²) in [5, 5.41) is 20.2. The molecule has 3 aromatic rings. The largest absolute Gasteiger partial charge is 0.481 e. The molecule has 0 unspecified atom stereocenters. The number of carboxylic acid groups (broad SMARTS) is 1. The Kier molecular flexibility index (Phi) is 7.02. The fourth-order valence-electron chi connectivity index (χ4n) is 4.25. The van der Waals surface area contributed by atoms with Gasteiger partial charge in [-0.05, 0) is 60.2 Å². The Morgan fingerprint density at radius 3 is 2.00 bits per heavy atom. The summed E-state index contributed by atoms with van der Waals surface area (Å²) >= 11 is 0. The lowest BCUT2D eigenvalue weighted by molar-refractivity contribution is -0.146. The van der Waals surface area contributed by atoms with Crippen molar-refractivity contribution in [3.63, 3.8) is 0 Å². The maximum atomic E-state index is 13.5. The smallest absolute Gasteiger partial charge is 0.309 e. The first-order chi connectivity index (χ1) is 16.8. The highest BCUT2D eigenvalue weighted by Crippen LogP contribution is 2.25. The van der Waals surface area contributed by atoms with Crippen molar-refractivity contribution in [2.24, 2.45) is 5.92 Å². The highest BCUT2D eigenvalue weighted by atomic mass is 19.2. The van der Waals surface area contributed by atoms with Gasteiger partial charge in [0, 0.05) is 6.54 Å². The topological polar surface area (TPSA) is 94.9 Å². The van der Waals surface area contributed by atoms with Crippen LogP contribution in [0.15, 0.2) is 66.7 Å². The normalized spacial score (nSPS) is 14.7. The van der Waals surface area contributed by atoms with Crippen LogP contribution in [0.4, 0.5) is 8.78 Å². The maximum absolute atomic E-state index is 13.5. The van der Waals surface area contributed by atoms with Crippen LogP contribution in [0.5, 0.6) is 0 Å². The third-order valence-corrected chi connectivity index (χ3v) is 6.26. The minimum atomic E-state index is -1.21. The summed E-state index contributed by atoms with van der Waals surface area (Å²) in [7, 11) is 0. The van der Waals surface area contributed by atoms with Gasteiger partial charge in [0.05, 0.1) is 23.1 Å². The van der Waals surface area contributed by atoms with E-state index in [4.69, 9.17) is 0 Å². The van der Waals surface area contributed by atoms with Crippen LogP contribution in [0.3, 0.4) is 0 Å². The predicted molar refractivity (Wildman–Crippen MR) is 124 cm³/mol. The number of hydrogen-bond donors (Lipinski definition) is 2. The minimum absolute atomic E-state index is 0.0724. The molecule has 0 radical (unpaired) electrons. The number of nitrogens with zero attached hydrogens (tertiary/aromatic N) is 1. The molecule has 0 saturated carbocycles. The molecule has 35 heavy (non-hydrogen) atoms. The molecule has 1 aliphatic rings. The number of hydrogen-bond acceptors (Lipinski definition) is 4. The average molecular weight is 479 g/mol. The number of rotatable bonds is 9. The zero-order valence-electron chi connectivity index (χ0n) is 18.7. The van der Waals surface area contributed by atoms with E-state index in [0.717, 1.165) is 22.6 Å². The van der Waals surface area contributed by atoms with E-state index in [2.05, 4.69) is 0 Å². The highest BCUT2D eigenvalue weighted by molar-refractivity contribution is 6.21.